The lowest BCUT2D eigenvalue weighted by Crippen LogP contribution is -2.58. The van der Waals surface area contributed by atoms with E-state index in [-0.39, 0.29) is 31.3 Å². The maximum atomic E-state index is 13.2. The molecule has 0 saturated carbocycles. The molecular formula is C23H42N10O5. The number of carboxylic acids is 1. The molecule has 0 radical (unpaired) electrons. The first-order chi connectivity index (χ1) is 18.0. The number of aliphatic imine (C=N–C) groups is 1. The highest BCUT2D eigenvalue weighted by Gasteiger charge is 2.31. The molecule has 13 N–H and O–H groups in total. The van der Waals surface area contributed by atoms with Crippen LogP contribution in [-0.2, 0) is 25.6 Å². The van der Waals surface area contributed by atoms with Crippen LogP contribution >= 0.6 is 0 Å². The fourth-order valence-corrected chi connectivity index (χ4v) is 3.56. The molecule has 1 aromatic rings. The first-order valence-corrected chi connectivity index (χ1v) is 12.6. The van der Waals surface area contributed by atoms with E-state index in [0.717, 1.165) is 6.42 Å². The number of aromatic nitrogens is 2. The van der Waals surface area contributed by atoms with Gasteiger partial charge in [-0.3, -0.25) is 19.4 Å². The SMILES string of the molecule is CC(C)C(NC(=O)C(N)CCCCN)C(=O)NC(CCCN=C(N)N)C(=O)NC(Cc1cnc[nH]1)C(=O)O. The van der Waals surface area contributed by atoms with Crippen LogP contribution in [0.25, 0.3) is 0 Å². The Morgan fingerprint density at radius 2 is 1.68 bits per heavy atom. The molecule has 4 atom stereocenters. The third-order valence-electron chi connectivity index (χ3n) is 5.72. The molecule has 214 valence electrons. The van der Waals surface area contributed by atoms with Crippen molar-refractivity contribution in [1.82, 2.24) is 25.9 Å². The molecule has 15 nitrogen and oxygen atoms in total. The number of aromatic amines is 1. The van der Waals surface area contributed by atoms with E-state index in [0.29, 0.717) is 31.5 Å². The van der Waals surface area contributed by atoms with Crippen molar-refractivity contribution in [2.24, 2.45) is 33.8 Å². The van der Waals surface area contributed by atoms with Crippen molar-refractivity contribution in [3.8, 4) is 0 Å². The molecule has 3 amide bonds. The highest BCUT2D eigenvalue weighted by Crippen LogP contribution is 2.08. The van der Waals surface area contributed by atoms with Crippen molar-refractivity contribution >= 4 is 29.7 Å². The number of imidazole rings is 1. The number of nitrogens with one attached hydrogen (secondary N) is 4. The molecule has 0 bridgehead atoms. The topological polar surface area (TPSA) is 270 Å². The second-order valence-corrected chi connectivity index (χ2v) is 9.31. The van der Waals surface area contributed by atoms with E-state index in [1.807, 2.05) is 0 Å². The average Bonchev–Trinajstić information content (AvgIpc) is 3.36. The molecule has 1 heterocycles. The summed E-state index contributed by atoms with van der Waals surface area (Å²) >= 11 is 0. The highest BCUT2D eigenvalue weighted by atomic mass is 16.4. The predicted octanol–water partition coefficient (Wildman–Crippen LogP) is -2.34. The Morgan fingerprint density at radius 1 is 1.00 bits per heavy atom. The van der Waals surface area contributed by atoms with Gasteiger partial charge in [0.2, 0.25) is 17.7 Å². The van der Waals surface area contributed by atoms with Crippen LogP contribution in [0, 0.1) is 5.92 Å². The summed E-state index contributed by atoms with van der Waals surface area (Å²) in [6.45, 7) is 4.16. The van der Waals surface area contributed by atoms with Crippen molar-refractivity contribution in [2.45, 2.75) is 76.5 Å². The highest BCUT2D eigenvalue weighted by molar-refractivity contribution is 5.94. The Hall–Kier alpha value is -3.72. The molecular weight excluding hydrogens is 496 g/mol. The van der Waals surface area contributed by atoms with Crippen LogP contribution in [0.1, 0.15) is 51.6 Å². The van der Waals surface area contributed by atoms with Gasteiger partial charge in [0.15, 0.2) is 5.96 Å². The quantitative estimate of drug-likeness (QED) is 0.0545. The Labute approximate surface area is 222 Å². The summed E-state index contributed by atoms with van der Waals surface area (Å²) in [5.74, 6) is -3.50. The van der Waals surface area contributed by atoms with Crippen LogP contribution in [0.2, 0.25) is 0 Å². The van der Waals surface area contributed by atoms with Gasteiger partial charge in [0.25, 0.3) is 0 Å². The fourth-order valence-electron chi connectivity index (χ4n) is 3.56. The summed E-state index contributed by atoms with van der Waals surface area (Å²) < 4.78 is 0. The summed E-state index contributed by atoms with van der Waals surface area (Å²) in [4.78, 5) is 61.1. The maximum absolute atomic E-state index is 13.2. The second kappa shape index (κ2) is 16.9. The van der Waals surface area contributed by atoms with Gasteiger partial charge in [-0.25, -0.2) is 9.78 Å². The Kier molecular flexibility index (Phi) is 14.4. The van der Waals surface area contributed by atoms with Crippen LogP contribution in [-0.4, -0.2) is 82.0 Å². The number of unbranched alkanes of at least 4 members (excludes halogenated alkanes) is 1. The standard InChI is InChI=1S/C23H42N10O5/c1-13(2)18(33-19(34)15(25)6-3-4-8-24)21(36)31-16(7-5-9-29-23(26)27)20(35)32-17(22(37)38)10-14-11-28-12-30-14/h11-13,15-18H,3-10,24-25H2,1-2H3,(H,28,30)(H,31,36)(H,32,35)(H,33,34)(H,37,38)(H4,26,27,29). The van der Waals surface area contributed by atoms with Crippen LogP contribution < -0.4 is 38.9 Å². The molecule has 0 saturated heterocycles. The van der Waals surface area contributed by atoms with Gasteiger partial charge < -0.3 is 49.0 Å². The number of carbonyl (C=O) groups is 4. The van der Waals surface area contributed by atoms with Gasteiger partial charge in [0.1, 0.15) is 18.1 Å². The molecule has 1 rings (SSSR count). The number of carbonyl (C=O) groups excluding carboxylic acids is 3. The largest absolute Gasteiger partial charge is 0.480 e. The Morgan fingerprint density at radius 3 is 2.24 bits per heavy atom. The zero-order valence-corrected chi connectivity index (χ0v) is 22.0. The monoisotopic (exact) mass is 538 g/mol. The van der Waals surface area contributed by atoms with Crippen molar-refractivity contribution in [2.75, 3.05) is 13.1 Å². The van der Waals surface area contributed by atoms with Gasteiger partial charge in [-0.2, -0.15) is 0 Å². The van der Waals surface area contributed by atoms with Crippen LogP contribution in [0.4, 0.5) is 0 Å². The van der Waals surface area contributed by atoms with Gasteiger partial charge in [-0.05, 0) is 38.1 Å². The number of rotatable bonds is 18. The molecule has 0 spiro atoms. The lowest BCUT2D eigenvalue weighted by Gasteiger charge is -2.27. The van der Waals surface area contributed by atoms with Gasteiger partial charge in [-0.15, -0.1) is 0 Å². The molecule has 0 fully saturated rings. The van der Waals surface area contributed by atoms with Crippen molar-refractivity contribution in [1.29, 1.82) is 0 Å². The average molecular weight is 539 g/mol. The van der Waals surface area contributed by atoms with E-state index in [1.165, 1.54) is 12.5 Å². The van der Waals surface area contributed by atoms with E-state index < -0.39 is 47.9 Å². The van der Waals surface area contributed by atoms with E-state index in [2.05, 4.69) is 30.9 Å². The zero-order valence-electron chi connectivity index (χ0n) is 22.0. The minimum Gasteiger partial charge on any atom is -0.480 e. The molecule has 0 aliphatic rings. The number of hydrogen-bond donors (Lipinski definition) is 9. The smallest absolute Gasteiger partial charge is 0.326 e. The molecule has 0 aromatic carbocycles. The number of amides is 3. The summed E-state index contributed by atoms with van der Waals surface area (Å²) in [7, 11) is 0. The fraction of sp³-hybridized carbons (Fsp3) is 0.652. The van der Waals surface area contributed by atoms with Crippen LogP contribution in [0.5, 0.6) is 0 Å². The van der Waals surface area contributed by atoms with Crippen molar-refractivity contribution in [3.05, 3.63) is 18.2 Å². The molecule has 15 heteroatoms. The summed E-state index contributed by atoms with van der Waals surface area (Å²) in [5.41, 5.74) is 22.6. The lowest BCUT2D eigenvalue weighted by molar-refractivity contribution is -0.142. The van der Waals surface area contributed by atoms with Gasteiger partial charge in [0.05, 0.1) is 12.4 Å². The van der Waals surface area contributed by atoms with Gasteiger partial charge >= 0.3 is 5.97 Å². The number of carboxylic acid groups (broad SMARTS) is 1. The molecule has 1 aromatic heterocycles. The number of nitrogens with zero attached hydrogens (tertiary/aromatic N) is 2. The van der Waals surface area contributed by atoms with E-state index >= 15 is 0 Å². The molecule has 0 aliphatic carbocycles. The molecule has 38 heavy (non-hydrogen) atoms. The zero-order chi connectivity index (χ0) is 28.7. The minimum atomic E-state index is -1.27. The Balaban J connectivity index is 2.97. The first kappa shape index (κ1) is 32.3. The lowest BCUT2D eigenvalue weighted by atomic mass is 10.0. The van der Waals surface area contributed by atoms with E-state index in [1.54, 1.807) is 13.8 Å². The van der Waals surface area contributed by atoms with Gasteiger partial charge in [-0.1, -0.05) is 20.3 Å². The second-order valence-electron chi connectivity index (χ2n) is 9.31. The third-order valence-corrected chi connectivity index (χ3v) is 5.72. The van der Waals surface area contributed by atoms with Gasteiger partial charge in [0, 0.05) is 24.9 Å². The van der Waals surface area contributed by atoms with Crippen molar-refractivity contribution < 1.29 is 24.3 Å². The predicted molar refractivity (Wildman–Crippen MR) is 141 cm³/mol. The molecule has 4 unspecified atom stereocenters. The first-order valence-electron chi connectivity index (χ1n) is 12.6. The minimum absolute atomic E-state index is 0.0392. The van der Waals surface area contributed by atoms with Crippen LogP contribution in [0.15, 0.2) is 17.5 Å². The summed E-state index contributed by atoms with van der Waals surface area (Å²) in [6, 6.07) is -4.17. The summed E-state index contributed by atoms with van der Waals surface area (Å²) in [6.07, 6.45) is 5.05. The number of aliphatic carboxylic acids is 1. The number of H-pyrrole nitrogens is 1. The number of nitrogens with two attached hydrogens (primary N) is 4. The molecule has 0 aliphatic heterocycles. The number of guanidine groups is 1. The van der Waals surface area contributed by atoms with E-state index in [4.69, 9.17) is 22.9 Å². The number of hydrogen-bond acceptors (Lipinski definition) is 8. The van der Waals surface area contributed by atoms with Crippen LogP contribution in [0.3, 0.4) is 0 Å². The Bertz CT molecular complexity index is 918. The summed E-state index contributed by atoms with van der Waals surface area (Å²) in [5, 5.41) is 17.4. The maximum Gasteiger partial charge on any atom is 0.326 e. The normalized spacial score (nSPS) is 14.1. The van der Waals surface area contributed by atoms with Crippen molar-refractivity contribution in [3.63, 3.8) is 0 Å². The van der Waals surface area contributed by atoms with E-state index in [9.17, 15) is 24.3 Å². The third kappa shape index (κ3) is 12.0.